The Morgan fingerprint density at radius 1 is 1.11 bits per heavy atom. The molecule has 1 saturated carbocycles. The zero-order chi connectivity index (χ0) is 13.3. The molecule has 7 atom stereocenters. The number of rotatable bonds is 2. The van der Waals surface area contributed by atoms with Gasteiger partial charge < -0.3 is 25.8 Å². The van der Waals surface area contributed by atoms with Gasteiger partial charge in [0.2, 0.25) is 0 Å². The molecule has 0 amide bonds. The Kier molecular flexibility index (Phi) is 4.91. The van der Waals surface area contributed by atoms with Crippen LogP contribution in [-0.4, -0.2) is 56.5 Å². The quantitative estimate of drug-likeness (QED) is 0.559. The van der Waals surface area contributed by atoms with Gasteiger partial charge in [-0.3, -0.25) is 0 Å². The summed E-state index contributed by atoms with van der Waals surface area (Å²) < 4.78 is 5.58. The molecule has 0 aromatic heterocycles. The van der Waals surface area contributed by atoms with E-state index in [9.17, 15) is 15.3 Å². The molecule has 5 nitrogen and oxygen atoms in total. The molecule has 1 saturated heterocycles. The van der Waals surface area contributed by atoms with Gasteiger partial charge in [-0.05, 0) is 26.2 Å². The summed E-state index contributed by atoms with van der Waals surface area (Å²) in [6, 6.07) is 0.227. The van der Waals surface area contributed by atoms with Gasteiger partial charge in [0.25, 0.3) is 0 Å². The number of aliphatic hydroxyl groups excluding tert-OH is 3. The summed E-state index contributed by atoms with van der Waals surface area (Å²) >= 11 is 1.54. The minimum absolute atomic E-state index is 0.227. The predicted molar refractivity (Wildman–Crippen MR) is 70.2 cm³/mol. The van der Waals surface area contributed by atoms with Crippen molar-refractivity contribution in [3.63, 3.8) is 0 Å². The van der Waals surface area contributed by atoms with Crippen molar-refractivity contribution in [3.8, 4) is 0 Å². The molecule has 0 radical (unpaired) electrons. The number of aliphatic hydroxyl groups is 3. The van der Waals surface area contributed by atoms with Crippen LogP contribution in [0.15, 0.2) is 0 Å². The predicted octanol–water partition coefficient (Wildman–Crippen LogP) is -0.183. The van der Waals surface area contributed by atoms with E-state index in [1.54, 1.807) is 6.92 Å². The monoisotopic (exact) mass is 277 g/mol. The van der Waals surface area contributed by atoms with Gasteiger partial charge >= 0.3 is 0 Å². The lowest BCUT2D eigenvalue weighted by Gasteiger charge is -2.41. The Morgan fingerprint density at radius 2 is 1.83 bits per heavy atom. The summed E-state index contributed by atoms with van der Waals surface area (Å²) in [5.41, 5.74) is 5.46. The van der Waals surface area contributed by atoms with Crippen molar-refractivity contribution in [2.75, 3.05) is 0 Å². The van der Waals surface area contributed by atoms with E-state index < -0.39 is 29.9 Å². The van der Waals surface area contributed by atoms with Crippen molar-refractivity contribution in [3.05, 3.63) is 0 Å². The number of hydrogen-bond acceptors (Lipinski definition) is 6. The first-order chi connectivity index (χ1) is 8.49. The minimum Gasteiger partial charge on any atom is -0.388 e. The fraction of sp³-hybridized carbons (Fsp3) is 1.00. The van der Waals surface area contributed by atoms with Gasteiger partial charge in [-0.25, -0.2) is 0 Å². The van der Waals surface area contributed by atoms with Crippen LogP contribution >= 0.6 is 11.8 Å². The normalized spacial score (nSPS) is 50.2. The van der Waals surface area contributed by atoms with E-state index in [1.807, 2.05) is 0 Å². The lowest BCUT2D eigenvalue weighted by atomic mass is 9.96. The Hall–Kier alpha value is 0.150. The third-order valence-corrected chi connectivity index (χ3v) is 5.27. The molecule has 2 aliphatic rings. The van der Waals surface area contributed by atoms with E-state index in [2.05, 4.69) is 0 Å². The smallest absolute Gasteiger partial charge is 0.132 e. The summed E-state index contributed by atoms with van der Waals surface area (Å²) in [6.45, 7) is 1.71. The van der Waals surface area contributed by atoms with Crippen molar-refractivity contribution in [2.24, 2.45) is 5.73 Å². The minimum atomic E-state index is -1.14. The van der Waals surface area contributed by atoms with Crippen LogP contribution in [0.2, 0.25) is 0 Å². The summed E-state index contributed by atoms with van der Waals surface area (Å²) in [7, 11) is 0. The van der Waals surface area contributed by atoms with Crippen molar-refractivity contribution in [1.82, 2.24) is 0 Å². The standard InChI is InChI=1S/C12H23NO4S/c1-6-9(14)10(15)11(16)12(17-6)18-8-4-2-3-7(13)5-8/h6-12,14-16H,2-5,13H2,1H3/t6-,7?,8?,9+,10+,11-,12-/m0/s1. The maximum atomic E-state index is 9.94. The van der Waals surface area contributed by atoms with Crippen LogP contribution in [0.4, 0.5) is 0 Å². The molecule has 0 bridgehead atoms. The topological polar surface area (TPSA) is 95.9 Å². The summed E-state index contributed by atoms with van der Waals surface area (Å²) in [5.74, 6) is 0. The molecule has 0 aromatic carbocycles. The van der Waals surface area contributed by atoms with Gasteiger partial charge in [0.15, 0.2) is 0 Å². The molecule has 0 spiro atoms. The Morgan fingerprint density at radius 3 is 2.50 bits per heavy atom. The van der Waals surface area contributed by atoms with Crippen LogP contribution in [0.5, 0.6) is 0 Å². The first-order valence-electron chi connectivity index (χ1n) is 6.59. The highest BCUT2D eigenvalue weighted by Gasteiger charge is 2.43. The van der Waals surface area contributed by atoms with E-state index >= 15 is 0 Å². The molecule has 6 heteroatoms. The van der Waals surface area contributed by atoms with Gasteiger partial charge in [0.1, 0.15) is 23.7 Å². The highest BCUT2D eigenvalue weighted by Crippen LogP contribution is 2.36. The molecule has 1 aliphatic heterocycles. The summed E-state index contributed by atoms with van der Waals surface area (Å²) in [5, 5.41) is 29.7. The molecule has 1 heterocycles. The van der Waals surface area contributed by atoms with Gasteiger partial charge in [-0.15, -0.1) is 11.8 Å². The number of ether oxygens (including phenoxy) is 1. The second kappa shape index (κ2) is 6.07. The van der Waals surface area contributed by atoms with Crippen LogP contribution in [0.25, 0.3) is 0 Å². The van der Waals surface area contributed by atoms with Crippen LogP contribution in [0, 0.1) is 0 Å². The molecule has 2 rings (SSSR count). The molecular weight excluding hydrogens is 254 g/mol. The average Bonchev–Trinajstić information content (AvgIpc) is 2.33. The van der Waals surface area contributed by atoms with Crippen molar-refractivity contribution in [2.45, 2.75) is 73.8 Å². The van der Waals surface area contributed by atoms with Crippen LogP contribution in [0.1, 0.15) is 32.6 Å². The van der Waals surface area contributed by atoms with Gasteiger partial charge in [0, 0.05) is 11.3 Å². The maximum absolute atomic E-state index is 9.94. The zero-order valence-electron chi connectivity index (χ0n) is 10.6. The van der Waals surface area contributed by atoms with E-state index in [4.69, 9.17) is 10.5 Å². The van der Waals surface area contributed by atoms with Gasteiger partial charge in [-0.1, -0.05) is 6.42 Å². The molecule has 5 N–H and O–H groups in total. The second-order valence-electron chi connectivity index (χ2n) is 5.37. The lowest BCUT2D eigenvalue weighted by molar-refractivity contribution is -0.192. The van der Waals surface area contributed by atoms with E-state index in [0.29, 0.717) is 5.25 Å². The second-order valence-corrected chi connectivity index (χ2v) is 6.77. The number of nitrogens with two attached hydrogens (primary N) is 1. The number of thioether (sulfide) groups is 1. The van der Waals surface area contributed by atoms with Gasteiger partial charge in [-0.2, -0.15) is 0 Å². The lowest BCUT2D eigenvalue weighted by Crippen LogP contribution is -2.56. The average molecular weight is 277 g/mol. The van der Waals surface area contributed by atoms with Crippen molar-refractivity contribution >= 4 is 11.8 Å². The molecule has 18 heavy (non-hydrogen) atoms. The largest absolute Gasteiger partial charge is 0.388 e. The number of hydrogen-bond donors (Lipinski definition) is 4. The Labute approximate surface area is 112 Å². The molecule has 0 aromatic rings. The SMILES string of the molecule is C[C@@H]1O[C@@H](SC2CCCC(N)C2)[C@@H](O)[C@H](O)[C@@H]1O. The first-order valence-corrected chi connectivity index (χ1v) is 7.54. The fourth-order valence-electron chi connectivity index (χ4n) is 2.62. The van der Waals surface area contributed by atoms with E-state index in [0.717, 1.165) is 25.7 Å². The van der Waals surface area contributed by atoms with Crippen molar-refractivity contribution in [1.29, 1.82) is 0 Å². The first kappa shape index (κ1) is 14.6. The van der Waals surface area contributed by atoms with E-state index in [-0.39, 0.29) is 6.04 Å². The molecule has 2 fully saturated rings. The van der Waals surface area contributed by atoms with Gasteiger partial charge in [0.05, 0.1) is 6.10 Å². The Bertz CT molecular complexity index is 281. The van der Waals surface area contributed by atoms with Crippen molar-refractivity contribution < 1.29 is 20.1 Å². The van der Waals surface area contributed by atoms with E-state index in [1.165, 1.54) is 11.8 Å². The molecule has 106 valence electrons. The molecule has 1 aliphatic carbocycles. The highest BCUT2D eigenvalue weighted by atomic mass is 32.2. The third-order valence-electron chi connectivity index (χ3n) is 3.80. The third kappa shape index (κ3) is 3.18. The van der Waals surface area contributed by atoms with Crippen LogP contribution < -0.4 is 5.73 Å². The Balaban J connectivity index is 1.92. The van der Waals surface area contributed by atoms with Crippen LogP contribution in [-0.2, 0) is 4.74 Å². The highest BCUT2D eigenvalue weighted by molar-refractivity contribution is 8.00. The fourth-order valence-corrected chi connectivity index (χ4v) is 4.22. The molecular formula is C12H23NO4S. The summed E-state index contributed by atoms with van der Waals surface area (Å²) in [6.07, 6.45) is 0.486. The summed E-state index contributed by atoms with van der Waals surface area (Å²) in [4.78, 5) is 0. The maximum Gasteiger partial charge on any atom is 0.132 e. The molecule has 2 unspecified atom stereocenters. The zero-order valence-corrected chi connectivity index (χ0v) is 11.4. The van der Waals surface area contributed by atoms with Crippen LogP contribution in [0.3, 0.4) is 0 Å².